The Morgan fingerprint density at radius 3 is 2.68 bits per heavy atom. The van der Waals surface area contributed by atoms with Crippen molar-refractivity contribution in [3.63, 3.8) is 0 Å². The van der Waals surface area contributed by atoms with Crippen LogP contribution in [0.1, 0.15) is 49.6 Å². The Bertz CT molecular complexity index is 1440. The van der Waals surface area contributed by atoms with E-state index in [2.05, 4.69) is 66.2 Å². The number of likely N-dealkylation sites (tertiary alicyclic amines) is 1. The molecule has 0 radical (unpaired) electrons. The summed E-state index contributed by atoms with van der Waals surface area (Å²) in [6.07, 6.45) is 5.89. The zero-order chi connectivity index (χ0) is 25.2. The molecule has 2 atom stereocenters. The zero-order valence-corrected chi connectivity index (χ0v) is 21.5. The highest BCUT2D eigenvalue weighted by Crippen LogP contribution is 2.66. The molecule has 8 heteroatoms. The number of hydrogen-bond donors (Lipinski definition) is 1. The molecule has 4 saturated heterocycles. The Morgan fingerprint density at radius 2 is 1.95 bits per heavy atom. The zero-order valence-electron chi connectivity index (χ0n) is 21.5. The van der Waals surface area contributed by atoms with E-state index in [0.717, 1.165) is 68.9 Å². The van der Waals surface area contributed by atoms with Gasteiger partial charge in [0.1, 0.15) is 5.60 Å². The van der Waals surface area contributed by atoms with Crippen molar-refractivity contribution in [1.82, 2.24) is 19.5 Å². The van der Waals surface area contributed by atoms with Crippen molar-refractivity contribution in [1.29, 1.82) is 0 Å². The van der Waals surface area contributed by atoms with E-state index in [0.29, 0.717) is 6.61 Å². The number of pyridine rings is 1. The summed E-state index contributed by atoms with van der Waals surface area (Å²) in [5.41, 5.74) is 4.42. The minimum atomic E-state index is -0.634. The molecule has 2 bridgehead atoms. The number of carboxylic acid groups (broad SMARTS) is 1. The molecule has 8 nitrogen and oxygen atoms in total. The van der Waals surface area contributed by atoms with Gasteiger partial charge in [-0.3, -0.25) is 9.69 Å². The van der Waals surface area contributed by atoms with Gasteiger partial charge in [-0.2, -0.15) is 0 Å². The van der Waals surface area contributed by atoms with Gasteiger partial charge in [0.05, 0.1) is 29.9 Å². The third kappa shape index (κ3) is 2.94. The van der Waals surface area contributed by atoms with Gasteiger partial charge in [-0.15, -0.1) is 5.10 Å². The van der Waals surface area contributed by atoms with Crippen molar-refractivity contribution in [2.75, 3.05) is 37.7 Å². The molecule has 6 heterocycles. The number of aryl methyl sites for hydroxylation is 1. The number of aliphatic carboxylic acids is 1. The second kappa shape index (κ2) is 6.91. The number of nitrogens with zero attached hydrogens (tertiary/aromatic N) is 5. The summed E-state index contributed by atoms with van der Waals surface area (Å²) < 4.78 is 8.35. The summed E-state index contributed by atoms with van der Waals surface area (Å²) in [4.78, 5) is 21.3. The van der Waals surface area contributed by atoms with Gasteiger partial charge in [0, 0.05) is 49.9 Å². The molecule has 1 spiro atoms. The van der Waals surface area contributed by atoms with Crippen molar-refractivity contribution >= 4 is 17.3 Å². The van der Waals surface area contributed by atoms with Gasteiger partial charge in [-0.1, -0.05) is 37.3 Å². The molecule has 1 aromatic carbocycles. The Hall–Kier alpha value is -2.97. The van der Waals surface area contributed by atoms with E-state index in [-0.39, 0.29) is 22.3 Å². The summed E-state index contributed by atoms with van der Waals surface area (Å²) in [7, 11) is 0. The largest absolute Gasteiger partial charge is 0.481 e. The van der Waals surface area contributed by atoms with Gasteiger partial charge in [0.15, 0.2) is 11.5 Å². The third-order valence-electron chi connectivity index (χ3n) is 10.3. The van der Waals surface area contributed by atoms with E-state index in [1.807, 2.05) is 4.52 Å². The van der Waals surface area contributed by atoms with Crippen LogP contribution in [0.3, 0.4) is 0 Å². The number of hydrogen-bond acceptors (Lipinski definition) is 6. The SMILES string of the molecule is Cc1cc(N2CC[C@](C)(c3ccccc3)C2)cn2nc(C34CC(N5CC6(CC6C(=O)O)C5)(CO3)C4)nc12. The van der Waals surface area contributed by atoms with Gasteiger partial charge >= 0.3 is 5.97 Å². The van der Waals surface area contributed by atoms with Crippen molar-refractivity contribution < 1.29 is 14.6 Å². The number of carboxylic acids is 1. The Labute approximate surface area is 216 Å². The van der Waals surface area contributed by atoms with Crippen molar-refractivity contribution in [2.45, 2.75) is 56.1 Å². The summed E-state index contributed by atoms with van der Waals surface area (Å²) in [6.45, 7) is 8.96. The van der Waals surface area contributed by atoms with Gasteiger partial charge < -0.3 is 14.7 Å². The van der Waals surface area contributed by atoms with Crippen LogP contribution in [0.4, 0.5) is 5.69 Å². The predicted octanol–water partition coefficient (Wildman–Crippen LogP) is 3.37. The lowest BCUT2D eigenvalue weighted by Crippen LogP contribution is -2.67. The Balaban J connectivity index is 1.01. The smallest absolute Gasteiger partial charge is 0.307 e. The van der Waals surface area contributed by atoms with Crippen molar-refractivity contribution in [2.24, 2.45) is 11.3 Å². The topological polar surface area (TPSA) is 83.2 Å². The number of benzene rings is 1. The fourth-order valence-electron chi connectivity index (χ4n) is 7.88. The highest BCUT2D eigenvalue weighted by atomic mass is 16.5. The van der Waals surface area contributed by atoms with Gasteiger partial charge in [0.2, 0.25) is 0 Å². The predicted molar refractivity (Wildman–Crippen MR) is 138 cm³/mol. The number of rotatable bonds is 5. The summed E-state index contributed by atoms with van der Waals surface area (Å²) in [5.74, 6) is 0.0114. The van der Waals surface area contributed by atoms with E-state index in [1.165, 1.54) is 11.3 Å². The van der Waals surface area contributed by atoms with Crippen LogP contribution < -0.4 is 4.90 Å². The lowest BCUT2D eigenvalue weighted by atomic mass is 9.65. The molecule has 4 aliphatic heterocycles. The normalized spacial score (nSPS) is 35.6. The number of ether oxygens (including phenoxy) is 1. The summed E-state index contributed by atoms with van der Waals surface area (Å²) in [6, 6.07) is 13.1. The molecular formula is C29H33N5O3. The lowest BCUT2D eigenvalue weighted by molar-refractivity contribution is -0.143. The molecule has 192 valence electrons. The molecular weight excluding hydrogens is 466 g/mol. The van der Waals surface area contributed by atoms with Crippen LogP contribution in [0.25, 0.3) is 5.65 Å². The number of anilines is 1. The van der Waals surface area contributed by atoms with Crippen molar-refractivity contribution in [3.05, 3.63) is 59.5 Å². The van der Waals surface area contributed by atoms with Gasteiger partial charge in [0.25, 0.3) is 0 Å². The lowest BCUT2D eigenvalue weighted by Gasteiger charge is -2.56. The second-order valence-electron chi connectivity index (χ2n) is 12.9. The van der Waals surface area contributed by atoms with Crippen LogP contribution in [-0.4, -0.2) is 68.9 Å². The van der Waals surface area contributed by atoms with Crippen LogP contribution in [0, 0.1) is 18.3 Å². The fourth-order valence-corrected chi connectivity index (χ4v) is 7.88. The Kier molecular flexibility index (Phi) is 4.12. The average molecular weight is 500 g/mol. The van der Waals surface area contributed by atoms with Gasteiger partial charge in [-0.05, 0) is 37.0 Å². The first-order valence-electron chi connectivity index (χ1n) is 13.5. The minimum Gasteiger partial charge on any atom is -0.481 e. The van der Waals surface area contributed by atoms with Crippen LogP contribution in [-0.2, 0) is 20.5 Å². The van der Waals surface area contributed by atoms with Crippen LogP contribution >= 0.6 is 0 Å². The molecule has 2 aliphatic carbocycles. The molecule has 2 saturated carbocycles. The van der Waals surface area contributed by atoms with Crippen molar-refractivity contribution in [3.8, 4) is 0 Å². The molecule has 9 rings (SSSR count). The first-order chi connectivity index (χ1) is 17.7. The fraction of sp³-hybridized carbons (Fsp3) is 0.552. The second-order valence-corrected chi connectivity index (χ2v) is 12.9. The third-order valence-corrected chi connectivity index (χ3v) is 10.3. The number of carbonyl (C=O) groups is 1. The maximum absolute atomic E-state index is 11.4. The summed E-state index contributed by atoms with van der Waals surface area (Å²) >= 11 is 0. The average Bonchev–Trinajstić information content (AvgIpc) is 3.22. The molecule has 6 aliphatic rings. The highest BCUT2D eigenvalue weighted by molar-refractivity contribution is 5.75. The van der Waals surface area contributed by atoms with E-state index < -0.39 is 11.6 Å². The standard InChI is InChI=1S/C29H33N5O3/c1-19-10-21(32-9-8-26(2,15-32)20-6-4-3-5-7-20)12-34-23(19)30-25(31-34)29-13-28(14-29,18-37-29)33-16-27(17-33)11-22(27)24(35)36/h3-7,10,12,22H,8-9,11,13-18H2,1-2H3,(H,35,36)/t22?,26-,28?,29?/m0/s1. The summed E-state index contributed by atoms with van der Waals surface area (Å²) in [5, 5.41) is 14.3. The molecule has 2 aromatic heterocycles. The molecule has 1 unspecified atom stereocenters. The molecule has 3 aromatic rings. The Morgan fingerprint density at radius 1 is 1.16 bits per heavy atom. The monoisotopic (exact) mass is 499 g/mol. The molecule has 1 N–H and O–H groups in total. The number of aromatic nitrogens is 3. The van der Waals surface area contributed by atoms with E-state index in [4.69, 9.17) is 14.8 Å². The van der Waals surface area contributed by atoms with E-state index in [9.17, 15) is 9.90 Å². The van der Waals surface area contributed by atoms with E-state index >= 15 is 0 Å². The van der Waals surface area contributed by atoms with Crippen LogP contribution in [0.2, 0.25) is 0 Å². The molecule has 37 heavy (non-hydrogen) atoms. The molecule has 0 amide bonds. The van der Waals surface area contributed by atoms with E-state index in [1.54, 1.807) is 0 Å². The maximum atomic E-state index is 11.4. The van der Waals surface area contributed by atoms with Crippen LogP contribution in [0.15, 0.2) is 42.6 Å². The first kappa shape index (κ1) is 22.1. The first-order valence-corrected chi connectivity index (χ1v) is 13.5. The highest BCUT2D eigenvalue weighted by Gasteiger charge is 2.74. The van der Waals surface area contributed by atoms with Gasteiger partial charge in [-0.25, -0.2) is 9.50 Å². The molecule has 6 fully saturated rings. The maximum Gasteiger partial charge on any atom is 0.307 e. The van der Waals surface area contributed by atoms with Crippen LogP contribution in [0.5, 0.6) is 0 Å². The number of fused-ring (bicyclic) bond motifs is 2. The minimum absolute atomic E-state index is 0.0302. The quantitative estimate of drug-likeness (QED) is 0.576.